The molecule has 2 heterocycles. The molecular formula is C18H11Cl2N3O3S. The summed E-state index contributed by atoms with van der Waals surface area (Å²) in [5.41, 5.74) is 1.37. The third-order valence-corrected chi connectivity index (χ3v) is 5.84. The highest BCUT2D eigenvalue weighted by Crippen LogP contribution is 2.35. The molecule has 0 radical (unpaired) electrons. The molecule has 0 atom stereocenters. The Bertz CT molecular complexity index is 1080. The van der Waals surface area contributed by atoms with E-state index in [1.807, 2.05) is 0 Å². The molecule has 2 aromatic carbocycles. The zero-order valence-electron chi connectivity index (χ0n) is 13.7. The molecule has 0 spiro atoms. The summed E-state index contributed by atoms with van der Waals surface area (Å²) in [5, 5.41) is 3.86. The van der Waals surface area contributed by atoms with Crippen molar-refractivity contribution in [2.45, 2.75) is 12.8 Å². The molecule has 1 N–H and O–H groups in total. The first kappa shape index (κ1) is 17.9. The summed E-state index contributed by atoms with van der Waals surface area (Å²) < 4.78 is 0.807. The van der Waals surface area contributed by atoms with Crippen molar-refractivity contribution in [2.24, 2.45) is 0 Å². The van der Waals surface area contributed by atoms with E-state index in [-0.39, 0.29) is 30.6 Å². The maximum Gasteiger partial charge on any atom is 0.257 e. The highest BCUT2D eigenvalue weighted by molar-refractivity contribution is 7.22. The number of amides is 3. The minimum atomic E-state index is -0.359. The molecule has 0 aliphatic carbocycles. The van der Waals surface area contributed by atoms with Gasteiger partial charge >= 0.3 is 0 Å². The average Bonchev–Trinajstić information content (AvgIpc) is 3.21. The van der Waals surface area contributed by atoms with E-state index >= 15 is 0 Å². The second-order valence-corrected chi connectivity index (χ2v) is 7.67. The Kier molecular flexibility index (Phi) is 4.59. The first-order valence-corrected chi connectivity index (χ1v) is 9.53. The van der Waals surface area contributed by atoms with E-state index in [1.54, 1.807) is 36.4 Å². The number of anilines is 2. The summed E-state index contributed by atoms with van der Waals surface area (Å²) in [6.45, 7) is 0. The standard InChI is InChI=1S/C18H11Cl2N3O3S/c19-11-5-6-12-16(15(11)20)21-18(27-12)22-17(26)9-1-3-10(4-2-9)23-13(24)7-8-14(23)25/h1-6H,7-8H2,(H,21,22,26). The normalized spacial score (nSPS) is 14.2. The van der Waals surface area contributed by atoms with Crippen molar-refractivity contribution in [3.63, 3.8) is 0 Å². The van der Waals surface area contributed by atoms with Gasteiger partial charge in [0.25, 0.3) is 5.91 Å². The van der Waals surface area contributed by atoms with Crippen LogP contribution in [0.3, 0.4) is 0 Å². The number of imide groups is 1. The van der Waals surface area contributed by atoms with Crippen LogP contribution < -0.4 is 10.2 Å². The third kappa shape index (κ3) is 3.29. The number of hydrogen-bond donors (Lipinski definition) is 1. The van der Waals surface area contributed by atoms with Gasteiger partial charge in [-0.25, -0.2) is 4.98 Å². The SMILES string of the molecule is O=C(Nc1nc2c(Cl)c(Cl)ccc2s1)c1ccc(N2C(=O)CCC2=O)cc1. The van der Waals surface area contributed by atoms with Gasteiger partial charge in [-0.1, -0.05) is 34.5 Å². The van der Waals surface area contributed by atoms with E-state index in [1.165, 1.54) is 11.3 Å². The molecule has 27 heavy (non-hydrogen) atoms. The maximum atomic E-state index is 12.5. The maximum absolute atomic E-state index is 12.5. The van der Waals surface area contributed by atoms with Crippen molar-refractivity contribution in [1.82, 2.24) is 4.98 Å². The number of carbonyl (C=O) groups is 3. The molecule has 6 nitrogen and oxygen atoms in total. The lowest BCUT2D eigenvalue weighted by molar-refractivity contribution is -0.121. The second-order valence-electron chi connectivity index (χ2n) is 5.85. The molecule has 1 aliphatic rings. The Balaban J connectivity index is 1.54. The van der Waals surface area contributed by atoms with Crippen molar-refractivity contribution in [2.75, 3.05) is 10.2 Å². The van der Waals surface area contributed by atoms with Gasteiger partial charge in [0.05, 0.1) is 20.4 Å². The van der Waals surface area contributed by atoms with Gasteiger partial charge in [0.1, 0.15) is 5.52 Å². The lowest BCUT2D eigenvalue weighted by Gasteiger charge is -2.13. The number of thiazole rings is 1. The highest BCUT2D eigenvalue weighted by atomic mass is 35.5. The van der Waals surface area contributed by atoms with Crippen molar-refractivity contribution in [1.29, 1.82) is 0 Å². The monoisotopic (exact) mass is 419 g/mol. The first-order chi connectivity index (χ1) is 12.9. The molecule has 3 amide bonds. The molecule has 9 heteroatoms. The van der Waals surface area contributed by atoms with Crippen LogP contribution in [-0.2, 0) is 9.59 Å². The van der Waals surface area contributed by atoms with Crippen molar-refractivity contribution in [3.8, 4) is 0 Å². The molecule has 0 bridgehead atoms. The third-order valence-electron chi connectivity index (χ3n) is 4.11. The average molecular weight is 420 g/mol. The molecule has 4 rings (SSSR count). The minimum Gasteiger partial charge on any atom is -0.298 e. The summed E-state index contributed by atoms with van der Waals surface area (Å²) in [6.07, 6.45) is 0.427. The van der Waals surface area contributed by atoms with Crippen LogP contribution >= 0.6 is 34.5 Å². The Labute approximate surface area is 167 Å². The minimum absolute atomic E-state index is 0.214. The van der Waals surface area contributed by atoms with Crippen LogP contribution in [0, 0.1) is 0 Å². The molecule has 0 unspecified atom stereocenters. The topological polar surface area (TPSA) is 79.4 Å². The van der Waals surface area contributed by atoms with Gasteiger partial charge in [-0.2, -0.15) is 0 Å². The van der Waals surface area contributed by atoms with Crippen LogP contribution in [-0.4, -0.2) is 22.7 Å². The summed E-state index contributed by atoms with van der Waals surface area (Å²) >= 11 is 13.4. The van der Waals surface area contributed by atoms with E-state index in [2.05, 4.69) is 10.3 Å². The molecule has 3 aromatic rings. The summed E-state index contributed by atoms with van der Waals surface area (Å²) in [4.78, 5) is 41.5. The van der Waals surface area contributed by atoms with Crippen LogP contribution in [0.1, 0.15) is 23.2 Å². The Hall–Kier alpha value is -2.48. The van der Waals surface area contributed by atoms with Crippen LogP contribution in [0.15, 0.2) is 36.4 Å². The molecule has 1 aromatic heterocycles. The zero-order valence-corrected chi connectivity index (χ0v) is 16.0. The number of fused-ring (bicyclic) bond motifs is 1. The summed E-state index contributed by atoms with van der Waals surface area (Å²) in [6, 6.07) is 9.73. The zero-order chi connectivity index (χ0) is 19.1. The van der Waals surface area contributed by atoms with E-state index in [0.29, 0.717) is 31.9 Å². The number of aromatic nitrogens is 1. The number of benzene rings is 2. The number of halogens is 2. The fourth-order valence-electron chi connectivity index (χ4n) is 2.79. The second kappa shape index (κ2) is 6.92. The molecular weight excluding hydrogens is 409 g/mol. The van der Waals surface area contributed by atoms with Gasteiger partial charge < -0.3 is 0 Å². The number of hydrogen-bond acceptors (Lipinski definition) is 5. The predicted molar refractivity (Wildman–Crippen MR) is 106 cm³/mol. The van der Waals surface area contributed by atoms with Gasteiger partial charge in [0, 0.05) is 18.4 Å². The molecule has 136 valence electrons. The lowest BCUT2D eigenvalue weighted by atomic mass is 10.2. The van der Waals surface area contributed by atoms with Crippen LogP contribution in [0.2, 0.25) is 10.0 Å². The van der Waals surface area contributed by atoms with Crippen molar-refractivity contribution < 1.29 is 14.4 Å². The Morgan fingerprint density at radius 1 is 1.04 bits per heavy atom. The molecule has 0 saturated carbocycles. The van der Waals surface area contributed by atoms with E-state index in [9.17, 15) is 14.4 Å². The Morgan fingerprint density at radius 2 is 1.70 bits per heavy atom. The quantitative estimate of drug-likeness (QED) is 0.633. The molecule has 1 aliphatic heterocycles. The van der Waals surface area contributed by atoms with Crippen molar-refractivity contribution >= 4 is 73.3 Å². The largest absolute Gasteiger partial charge is 0.298 e. The van der Waals surface area contributed by atoms with Gasteiger partial charge in [0.2, 0.25) is 11.8 Å². The summed E-state index contributed by atoms with van der Waals surface area (Å²) in [7, 11) is 0. The van der Waals surface area contributed by atoms with E-state index < -0.39 is 0 Å². The molecule has 1 fully saturated rings. The number of rotatable bonds is 3. The highest BCUT2D eigenvalue weighted by Gasteiger charge is 2.30. The van der Waals surface area contributed by atoms with Crippen LogP contribution in [0.4, 0.5) is 10.8 Å². The van der Waals surface area contributed by atoms with E-state index in [4.69, 9.17) is 23.2 Å². The van der Waals surface area contributed by atoms with Crippen LogP contribution in [0.25, 0.3) is 10.2 Å². The predicted octanol–water partition coefficient (Wildman–Crippen LogP) is 4.51. The Morgan fingerprint density at radius 3 is 2.37 bits per heavy atom. The smallest absolute Gasteiger partial charge is 0.257 e. The van der Waals surface area contributed by atoms with Gasteiger partial charge in [-0.3, -0.25) is 24.6 Å². The van der Waals surface area contributed by atoms with Gasteiger partial charge in [0.15, 0.2) is 5.13 Å². The summed E-state index contributed by atoms with van der Waals surface area (Å²) in [5.74, 6) is -0.827. The van der Waals surface area contributed by atoms with E-state index in [0.717, 1.165) is 9.60 Å². The number of nitrogens with one attached hydrogen (secondary N) is 1. The van der Waals surface area contributed by atoms with Gasteiger partial charge in [-0.15, -0.1) is 0 Å². The number of nitrogens with zero attached hydrogens (tertiary/aromatic N) is 2. The fourth-order valence-corrected chi connectivity index (χ4v) is 4.07. The van der Waals surface area contributed by atoms with Crippen LogP contribution in [0.5, 0.6) is 0 Å². The molecule has 1 saturated heterocycles. The lowest BCUT2D eigenvalue weighted by Crippen LogP contribution is -2.28. The van der Waals surface area contributed by atoms with Gasteiger partial charge in [-0.05, 0) is 36.4 Å². The first-order valence-electron chi connectivity index (χ1n) is 7.96. The van der Waals surface area contributed by atoms with Crippen molar-refractivity contribution in [3.05, 3.63) is 52.0 Å². The fraction of sp³-hybridized carbons (Fsp3) is 0.111. The number of carbonyl (C=O) groups excluding carboxylic acids is 3.